The third kappa shape index (κ3) is 8.28. The normalized spacial score (nSPS) is 14.3. The molecule has 1 aliphatic heterocycles. The lowest BCUT2D eigenvalue weighted by molar-refractivity contribution is -0.132. The number of ether oxygens (including phenoxy) is 2. The fourth-order valence-electron chi connectivity index (χ4n) is 2.44. The molecule has 1 aliphatic rings. The number of carbonyl (C=O) groups excluding carboxylic acids is 3. The van der Waals surface area contributed by atoms with Crippen LogP contribution in [-0.2, 0) is 19.1 Å². The second-order valence-corrected chi connectivity index (χ2v) is 8.34. The molecule has 1 fully saturated rings. The minimum atomic E-state index is -0.794. The molecule has 1 saturated heterocycles. The summed E-state index contributed by atoms with van der Waals surface area (Å²) in [5.74, 6) is -0.749. The topological polar surface area (TPSA) is 97.0 Å². The second-order valence-electron chi connectivity index (χ2n) is 7.36. The van der Waals surface area contributed by atoms with E-state index in [1.165, 1.54) is 23.9 Å². The Hall–Kier alpha value is -2.33. The fourth-order valence-corrected chi connectivity index (χ4v) is 3.16. The monoisotopic (exact) mass is 427 g/mol. The van der Waals surface area contributed by atoms with Crippen molar-refractivity contribution in [3.05, 3.63) is 24.0 Å². The van der Waals surface area contributed by atoms with Crippen LogP contribution in [-0.4, -0.2) is 66.2 Å². The Kier molecular flexibility index (Phi) is 8.27. The van der Waals surface area contributed by atoms with Gasteiger partial charge in [-0.25, -0.2) is 9.18 Å². The molecule has 0 aliphatic carbocycles. The number of morpholine rings is 1. The maximum Gasteiger partial charge on any atom is 0.412 e. The van der Waals surface area contributed by atoms with Crippen molar-refractivity contribution in [1.82, 2.24) is 4.90 Å². The molecule has 10 heteroatoms. The Labute approximate surface area is 173 Å². The molecular formula is C19H26FN3O5S. The summed E-state index contributed by atoms with van der Waals surface area (Å²) in [4.78, 5) is 37.7. The number of thioether (sulfide) groups is 1. The van der Waals surface area contributed by atoms with Crippen molar-refractivity contribution >= 4 is 41.0 Å². The Morgan fingerprint density at radius 2 is 1.86 bits per heavy atom. The maximum absolute atomic E-state index is 13.9. The van der Waals surface area contributed by atoms with Crippen LogP contribution in [0.3, 0.4) is 0 Å². The summed E-state index contributed by atoms with van der Waals surface area (Å²) < 4.78 is 24.2. The third-order valence-corrected chi connectivity index (χ3v) is 4.63. The van der Waals surface area contributed by atoms with Gasteiger partial charge in [0, 0.05) is 18.8 Å². The number of nitrogens with zero attached hydrogens (tertiary/aromatic N) is 1. The lowest BCUT2D eigenvalue weighted by atomic mass is 10.2. The number of halogens is 1. The molecule has 0 bridgehead atoms. The number of hydrogen-bond acceptors (Lipinski definition) is 6. The van der Waals surface area contributed by atoms with Crippen molar-refractivity contribution < 1.29 is 28.2 Å². The molecule has 0 aromatic heterocycles. The molecule has 0 spiro atoms. The predicted octanol–water partition coefficient (Wildman–Crippen LogP) is 2.70. The van der Waals surface area contributed by atoms with Gasteiger partial charge >= 0.3 is 6.09 Å². The van der Waals surface area contributed by atoms with Crippen LogP contribution in [0.5, 0.6) is 0 Å². The Morgan fingerprint density at radius 1 is 1.17 bits per heavy atom. The van der Waals surface area contributed by atoms with Gasteiger partial charge in [0.25, 0.3) is 0 Å². The molecule has 29 heavy (non-hydrogen) atoms. The number of carbonyl (C=O) groups is 3. The minimum Gasteiger partial charge on any atom is -0.444 e. The van der Waals surface area contributed by atoms with Crippen LogP contribution in [0.1, 0.15) is 20.8 Å². The van der Waals surface area contributed by atoms with E-state index in [-0.39, 0.29) is 29.0 Å². The number of nitrogens with one attached hydrogen (secondary N) is 2. The van der Waals surface area contributed by atoms with Gasteiger partial charge < -0.3 is 19.7 Å². The van der Waals surface area contributed by atoms with E-state index in [0.29, 0.717) is 32.0 Å². The fraction of sp³-hybridized carbons (Fsp3) is 0.526. The predicted molar refractivity (Wildman–Crippen MR) is 110 cm³/mol. The summed E-state index contributed by atoms with van der Waals surface area (Å²) in [6, 6.07) is 3.83. The van der Waals surface area contributed by atoms with Gasteiger partial charge in [0.15, 0.2) is 0 Å². The standard InChI is InChI=1S/C19H26FN3O5S/c1-19(2,3)28-18(26)22-15-10-13(4-5-14(15)20)21-16(24)11-29-12-17(25)23-6-8-27-9-7-23/h4-5,10H,6-9,11-12H2,1-3H3,(H,21,24)(H,22,26). The van der Waals surface area contributed by atoms with Gasteiger partial charge in [-0.1, -0.05) is 0 Å². The van der Waals surface area contributed by atoms with E-state index in [2.05, 4.69) is 10.6 Å². The highest BCUT2D eigenvalue weighted by atomic mass is 32.2. The number of rotatable bonds is 6. The zero-order valence-corrected chi connectivity index (χ0v) is 17.6. The molecule has 1 aromatic carbocycles. The van der Waals surface area contributed by atoms with Crippen LogP contribution in [0.25, 0.3) is 0 Å². The first kappa shape index (κ1) is 23.0. The van der Waals surface area contributed by atoms with E-state index in [9.17, 15) is 18.8 Å². The van der Waals surface area contributed by atoms with Gasteiger partial charge in [-0.05, 0) is 39.0 Å². The molecule has 0 radical (unpaired) electrons. The largest absolute Gasteiger partial charge is 0.444 e. The SMILES string of the molecule is CC(C)(C)OC(=O)Nc1cc(NC(=O)CSCC(=O)N2CCOCC2)ccc1F. The average Bonchev–Trinajstić information content (AvgIpc) is 2.63. The first-order valence-corrected chi connectivity index (χ1v) is 10.3. The Bertz CT molecular complexity index is 748. The van der Waals surface area contributed by atoms with Crippen molar-refractivity contribution in [2.45, 2.75) is 26.4 Å². The molecule has 2 N–H and O–H groups in total. The van der Waals surface area contributed by atoms with E-state index in [4.69, 9.17) is 9.47 Å². The van der Waals surface area contributed by atoms with Crippen LogP contribution >= 0.6 is 11.8 Å². The Morgan fingerprint density at radius 3 is 2.52 bits per heavy atom. The molecule has 0 unspecified atom stereocenters. The molecule has 3 amide bonds. The third-order valence-electron chi connectivity index (χ3n) is 3.71. The highest BCUT2D eigenvalue weighted by molar-refractivity contribution is 8.00. The lowest BCUT2D eigenvalue weighted by Crippen LogP contribution is -2.41. The quantitative estimate of drug-likeness (QED) is 0.725. The highest BCUT2D eigenvalue weighted by Crippen LogP contribution is 2.21. The van der Waals surface area contributed by atoms with E-state index >= 15 is 0 Å². The summed E-state index contributed by atoms with van der Waals surface area (Å²) in [5, 5.41) is 4.94. The number of anilines is 2. The summed E-state index contributed by atoms with van der Waals surface area (Å²) >= 11 is 1.20. The number of hydrogen-bond donors (Lipinski definition) is 2. The molecule has 160 valence electrons. The van der Waals surface area contributed by atoms with Gasteiger partial charge in [0.2, 0.25) is 11.8 Å². The van der Waals surface area contributed by atoms with Crippen molar-refractivity contribution in [2.24, 2.45) is 0 Å². The summed E-state index contributed by atoms with van der Waals surface area (Å²) in [5.41, 5.74) is -0.503. The van der Waals surface area contributed by atoms with Crippen LogP contribution in [0.2, 0.25) is 0 Å². The van der Waals surface area contributed by atoms with Crippen molar-refractivity contribution in [3.8, 4) is 0 Å². The zero-order chi connectivity index (χ0) is 21.4. The van der Waals surface area contributed by atoms with Gasteiger partial charge in [-0.2, -0.15) is 0 Å². The van der Waals surface area contributed by atoms with Crippen LogP contribution in [0, 0.1) is 5.82 Å². The Balaban J connectivity index is 1.82. The van der Waals surface area contributed by atoms with Crippen LogP contribution < -0.4 is 10.6 Å². The number of amides is 3. The smallest absolute Gasteiger partial charge is 0.412 e. The summed E-state index contributed by atoms with van der Waals surface area (Å²) in [6.07, 6.45) is -0.794. The van der Waals surface area contributed by atoms with Gasteiger partial charge in [-0.3, -0.25) is 14.9 Å². The lowest BCUT2D eigenvalue weighted by Gasteiger charge is -2.26. The molecule has 0 saturated carbocycles. The van der Waals surface area contributed by atoms with E-state index in [0.717, 1.165) is 6.07 Å². The second kappa shape index (κ2) is 10.4. The van der Waals surface area contributed by atoms with Gasteiger partial charge in [0.1, 0.15) is 11.4 Å². The molecule has 0 atom stereocenters. The first-order chi connectivity index (χ1) is 13.6. The maximum atomic E-state index is 13.9. The van der Waals surface area contributed by atoms with E-state index in [1.807, 2.05) is 0 Å². The van der Waals surface area contributed by atoms with E-state index in [1.54, 1.807) is 25.7 Å². The first-order valence-electron chi connectivity index (χ1n) is 9.17. The van der Waals surface area contributed by atoms with Crippen molar-refractivity contribution in [2.75, 3.05) is 48.4 Å². The number of benzene rings is 1. The summed E-state index contributed by atoms with van der Waals surface area (Å²) in [7, 11) is 0. The molecule has 2 rings (SSSR count). The van der Waals surface area contributed by atoms with Gasteiger partial charge in [-0.15, -0.1) is 11.8 Å². The minimum absolute atomic E-state index is 0.0308. The molecule has 1 aromatic rings. The molecular weight excluding hydrogens is 401 g/mol. The van der Waals surface area contributed by atoms with Gasteiger partial charge in [0.05, 0.1) is 30.4 Å². The molecule has 8 nitrogen and oxygen atoms in total. The van der Waals surface area contributed by atoms with Crippen molar-refractivity contribution in [3.63, 3.8) is 0 Å². The summed E-state index contributed by atoms with van der Waals surface area (Å²) in [6.45, 7) is 7.27. The average molecular weight is 427 g/mol. The van der Waals surface area contributed by atoms with Crippen LogP contribution in [0.4, 0.5) is 20.6 Å². The van der Waals surface area contributed by atoms with Crippen molar-refractivity contribution in [1.29, 1.82) is 0 Å². The van der Waals surface area contributed by atoms with Crippen LogP contribution in [0.15, 0.2) is 18.2 Å². The zero-order valence-electron chi connectivity index (χ0n) is 16.7. The highest BCUT2D eigenvalue weighted by Gasteiger charge is 2.19. The van der Waals surface area contributed by atoms with E-state index < -0.39 is 17.5 Å². The molecule has 1 heterocycles.